The largest absolute Gasteiger partial charge is 0.355 e. The third-order valence-electron chi connectivity index (χ3n) is 4.35. The van der Waals surface area contributed by atoms with Crippen LogP contribution in [0.5, 0.6) is 0 Å². The standard InChI is InChI=1S/C12H22O2/c1-13-11(14-2)12-8-4-3-6-10(12)7-5-9-12/h10-11H,3-9H2,1-2H3. The van der Waals surface area contributed by atoms with Crippen molar-refractivity contribution in [2.45, 2.75) is 51.2 Å². The first-order chi connectivity index (χ1) is 6.83. The van der Waals surface area contributed by atoms with Crippen LogP contribution in [-0.4, -0.2) is 20.5 Å². The van der Waals surface area contributed by atoms with Gasteiger partial charge >= 0.3 is 0 Å². The van der Waals surface area contributed by atoms with E-state index in [4.69, 9.17) is 9.47 Å². The van der Waals surface area contributed by atoms with Crippen molar-refractivity contribution in [1.82, 2.24) is 0 Å². The van der Waals surface area contributed by atoms with Gasteiger partial charge in [-0.2, -0.15) is 0 Å². The topological polar surface area (TPSA) is 18.5 Å². The molecule has 0 amide bonds. The van der Waals surface area contributed by atoms with E-state index in [-0.39, 0.29) is 6.29 Å². The van der Waals surface area contributed by atoms with Crippen LogP contribution in [0, 0.1) is 11.3 Å². The lowest BCUT2D eigenvalue weighted by atomic mass is 9.67. The average Bonchev–Trinajstić information content (AvgIpc) is 2.64. The van der Waals surface area contributed by atoms with Crippen LogP contribution < -0.4 is 0 Å². The second-order valence-electron chi connectivity index (χ2n) is 4.87. The van der Waals surface area contributed by atoms with Crippen LogP contribution in [0.4, 0.5) is 0 Å². The lowest BCUT2D eigenvalue weighted by Crippen LogP contribution is -2.42. The Balaban J connectivity index is 2.16. The monoisotopic (exact) mass is 198 g/mol. The van der Waals surface area contributed by atoms with Gasteiger partial charge in [-0.15, -0.1) is 0 Å². The van der Waals surface area contributed by atoms with Crippen molar-refractivity contribution in [3.05, 3.63) is 0 Å². The van der Waals surface area contributed by atoms with Crippen molar-refractivity contribution in [1.29, 1.82) is 0 Å². The molecule has 2 fully saturated rings. The Bertz CT molecular complexity index is 189. The molecule has 82 valence electrons. The Morgan fingerprint density at radius 2 is 1.64 bits per heavy atom. The third-order valence-corrected chi connectivity index (χ3v) is 4.35. The summed E-state index contributed by atoms with van der Waals surface area (Å²) in [6.45, 7) is 0. The fourth-order valence-corrected chi connectivity index (χ4v) is 3.77. The van der Waals surface area contributed by atoms with E-state index in [0.717, 1.165) is 5.92 Å². The SMILES string of the molecule is COC(OC)C12CCCCC1CCC2. The second-order valence-corrected chi connectivity index (χ2v) is 4.87. The molecule has 0 aromatic carbocycles. The number of fused-ring (bicyclic) bond motifs is 1. The first-order valence-electron chi connectivity index (χ1n) is 5.89. The van der Waals surface area contributed by atoms with Crippen molar-refractivity contribution in [3.63, 3.8) is 0 Å². The van der Waals surface area contributed by atoms with E-state index < -0.39 is 0 Å². The lowest BCUT2D eigenvalue weighted by Gasteiger charge is -2.43. The highest BCUT2D eigenvalue weighted by Crippen LogP contribution is 2.55. The Labute approximate surface area is 87.0 Å². The minimum atomic E-state index is 0.0373. The third kappa shape index (κ3) is 1.49. The van der Waals surface area contributed by atoms with Crippen LogP contribution in [0.25, 0.3) is 0 Å². The molecule has 0 aliphatic heterocycles. The fourth-order valence-electron chi connectivity index (χ4n) is 3.77. The van der Waals surface area contributed by atoms with E-state index in [1.807, 2.05) is 0 Å². The van der Waals surface area contributed by atoms with E-state index in [1.54, 1.807) is 14.2 Å². The van der Waals surface area contributed by atoms with Gasteiger partial charge in [0.15, 0.2) is 6.29 Å². The molecule has 2 unspecified atom stereocenters. The molecule has 2 aliphatic carbocycles. The van der Waals surface area contributed by atoms with Crippen LogP contribution in [0.15, 0.2) is 0 Å². The maximum absolute atomic E-state index is 5.52. The van der Waals surface area contributed by atoms with E-state index >= 15 is 0 Å². The summed E-state index contributed by atoms with van der Waals surface area (Å²) in [5.74, 6) is 0.862. The maximum Gasteiger partial charge on any atom is 0.162 e. The summed E-state index contributed by atoms with van der Waals surface area (Å²) in [6.07, 6.45) is 9.58. The molecule has 0 spiro atoms. The summed E-state index contributed by atoms with van der Waals surface area (Å²) in [4.78, 5) is 0. The quantitative estimate of drug-likeness (QED) is 0.649. The van der Waals surface area contributed by atoms with E-state index in [9.17, 15) is 0 Å². The molecule has 2 heteroatoms. The zero-order chi connectivity index (χ0) is 10.0. The normalized spacial score (nSPS) is 37.5. The molecule has 0 aromatic heterocycles. The fraction of sp³-hybridized carbons (Fsp3) is 1.00. The van der Waals surface area contributed by atoms with Crippen molar-refractivity contribution < 1.29 is 9.47 Å². The Kier molecular flexibility index (Phi) is 3.13. The van der Waals surface area contributed by atoms with Crippen LogP contribution >= 0.6 is 0 Å². The maximum atomic E-state index is 5.52. The molecule has 14 heavy (non-hydrogen) atoms. The second kappa shape index (κ2) is 4.19. The highest BCUT2D eigenvalue weighted by Gasteiger charge is 2.50. The number of hydrogen-bond donors (Lipinski definition) is 0. The van der Waals surface area contributed by atoms with Crippen molar-refractivity contribution in [3.8, 4) is 0 Å². The van der Waals surface area contributed by atoms with E-state index in [0.29, 0.717) is 5.41 Å². The van der Waals surface area contributed by atoms with Gasteiger partial charge in [0, 0.05) is 19.6 Å². The van der Waals surface area contributed by atoms with Gasteiger partial charge in [-0.25, -0.2) is 0 Å². The summed E-state index contributed by atoms with van der Waals surface area (Å²) in [7, 11) is 3.57. The molecule has 0 heterocycles. The highest BCUT2D eigenvalue weighted by atomic mass is 16.7. The minimum Gasteiger partial charge on any atom is -0.355 e. The van der Waals surface area contributed by atoms with Crippen LogP contribution in [0.3, 0.4) is 0 Å². The molecule has 2 rings (SSSR count). The Hall–Kier alpha value is -0.0800. The van der Waals surface area contributed by atoms with Crippen LogP contribution in [-0.2, 0) is 9.47 Å². The summed E-state index contributed by atoms with van der Waals surface area (Å²) in [6, 6.07) is 0. The average molecular weight is 198 g/mol. The first kappa shape index (κ1) is 10.4. The van der Waals surface area contributed by atoms with Gasteiger partial charge in [0.05, 0.1) is 0 Å². The van der Waals surface area contributed by atoms with Gasteiger partial charge in [-0.3, -0.25) is 0 Å². The molecule has 0 radical (unpaired) electrons. The first-order valence-corrected chi connectivity index (χ1v) is 5.89. The molecule has 0 N–H and O–H groups in total. The van der Waals surface area contributed by atoms with Crippen LogP contribution in [0.1, 0.15) is 44.9 Å². The van der Waals surface area contributed by atoms with Gasteiger partial charge in [-0.05, 0) is 31.6 Å². The molecule has 2 atom stereocenters. The molecule has 0 bridgehead atoms. The molecular weight excluding hydrogens is 176 g/mol. The van der Waals surface area contributed by atoms with Gasteiger partial charge in [0.2, 0.25) is 0 Å². The summed E-state index contributed by atoms with van der Waals surface area (Å²) < 4.78 is 11.0. The molecule has 0 aromatic rings. The molecule has 2 aliphatic rings. The van der Waals surface area contributed by atoms with E-state index in [2.05, 4.69) is 0 Å². The summed E-state index contributed by atoms with van der Waals surface area (Å²) >= 11 is 0. The van der Waals surface area contributed by atoms with E-state index in [1.165, 1.54) is 44.9 Å². The highest BCUT2D eigenvalue weighted by molar-refractivity contribution is 4.96. The number of ether oxygens (including phenoxy) is 2. The lowest BCUT2D eigenvalue weighted by molar-refractivity contribution is -0.199. The predicted octanol–water partition coefficient (Wildman–Crippen LogP) is 2.97. The smallest absolute Gasteiger partial charge is 0.162 e. The predicted molar refractivity (Wildman–Crippen MR) is 56.0 cm³/mol. The zero-order valence-electron chi connectivity index (χ0n) is 9.42. The van der Waals surface area contributed by atoms with Crippen molar-refractivity contribution >= 4 is 0 Å². The van der Waals surface area contributed by atoms with Crippen LogP contribution in [0.2, 0.25) is 0 Å². The minimum absolute atomic E-state index is 0.0373. The Morgan fingerprint density at radius 1 is 1.00 bits per heavy atom. The van der Waals surface area contributed by atoms with Crippen molar-refractivity contribution in [2.75, 3.05) is 14.2 Å². The summed E-state index contributed by atoms with van der Waals surface area (Å²) in [5, 5.41) is 0. The van der Waals surface area contributed by atoms with Gasteiger partial charge in [0.1, 0.15) is 0 Å². The van der Waals surface area contributed by atoms with Crippen molar-refractivity contribution in [2.24, 2.45) is 11.3 Å². The Morgan fingerprint density at radius 3 is 2.36 bits per heavy atom. The molecule has 0 saturated heterocycles. The van der Waals surface area contributed by atoms with Gasteiger partial charge < -0.3 is 9.47 Å². The molecule has 2 nitrogen and oxygen atoms in total. The van der Waals surface area contributed by atoms with Gasteiger partial charge in [0.25, 0.3) is 0 Å². The zero-order valence-corrected chi connectivity index (χ0v) is 9.42. The van der Waals surface area contributed by atoms with Gasteiger partial charge in [-0.1, -0.05) is 19.3 Å². The molecular formula is C12H22O2. The number of methoxy groups -OCH3 is 2. The summed E-state index contributed by atoms with van der Waals surface area (Å²) in [5.41, 5.74) is 0.363. The number of hydrogen-bond acceptors (Lipinski definition) is 2. The number of rotatable bonds is 3. The molecule has 2 saturated carbocycles.